The molecule has 1 atom stereocenters. The van der Waals surface area contributed by atoms with Crippen LogP contribution in [0.15, 0.2) is 18.2 Å². The van der Waals surface area contributed by atoms with Crippen molar-refractivity contribution < 1.29 is 27.5 Å². The number of thiazole rings is 1. The van der Waals surface area contributed by atoms with E-state index in [9.17, 15) is 22.8 Å². The maximum absolute atomic E-state index is 13.1. The first-order valence-corrected chi connectivity index (χ1v) is 9.82. The first-order valence-electron chi connectivity index (χ1n) is 9.00. The molecule has 2 amide bonds. The second-order valence-corrected chi connectivity index (χ2v) is 8.40. The predicted octanol–water partition coefficient (Wildman–Crippen LogP) is 2.79. The summed E-state index contributed by atoms with van der Waals surface area (Å²) in [6.07, 6.45) is -3.44. The van der Waals surface area contributed by atoms with Crippen LogP contribution in [0.25, 0.3) is 10.2 Å². The van der Waals surface area contributed by atoms with Crippen molar-refractivity contribution in [3.63, 3.8) is 0 Å². The molecule has 3 rings (SSSR count). The SMILES string of the molecule is CC(C)(CN)C(=O)N(C(=O)[C@H]1CCCN1)c1nc2ccc(OC(F)(F)F)cc2s1. The van der Waals surface area contributed by atoms with E-state index in [1.54, 1.807) is 13.8 Å². The molecule has 0 spiro atoms. The highest BCUT2D eigenvalue weighted by atomic mass is 32.1. The molecule has 1 aromatic heterocycles. The van der Waals surface area contributed by atoms with Gasteiger partial charge in [0.05, 0.1) is 21.7 Å². The number of halogens is 3. The van der Waals surface area contributed by atoms with Gasteiger partial charge in [-0.15, -0.1) is 13.2 Å². The summed E-state index contributed by atoms with van der Waals surface area (Å²) in [5, 5.41) is 3.15. The Kier molecular flexibility index (Phi) is 5.84. The summed E-state index contributed by atoms with van der Waals surface area (Å²) in [6.45, 7) is 3.93. The smallest absolute Gasteiger partial charge is 0.406 e. The minimum Gasteiger partial charge on any atom is -0.406 e. The highest BCUT2D eigenvalue weighted by Crippen LogP contribution is 2.35. The van der Waals surface area contributed by atoms with Crippen LogP contribution in [0, 0.1) is 5.41 Å². The molecule has 29 heavy (non-hydrogen) atoms. The highest BCUT2D eigenvalue weighted by Gasteiger charge is 2.40. The number of ether oxygens (including phenoxy) is 1. The Bertz CT molecular complexity index is 923. The fraction of sp³-hybridized carbons (Fsp3) is 0.500. The summed E-state index contributed by atoms with van der Waals surface area (Å²) in [5.41, 5.74) is 5.06. The molecule has 1 aliphatic rings. The van der Waals surface area contributed by atoms with Crippen LogP contribution in [0.1, 0.15) is 26.7 Å². The first kappa shape index (κ1) is 21.5. The second kappa shape index (κ2) is 7.88. The van der Waals surface area contributed by atoms with E-state index in [0.29, 0.717) is 23.2 Å². The molecule has 1 aromatic carbocycles. The molecule has 0 aliphatic carbocycles. The monoisotopic (exact) mass is 430 g/mol. The van der Waals surface area contributed by atoms with E-state index in [2.05, 4.69) is 15.0 Å². The molecule has 0 radical (unpaired) electrons. The van der Waals surface area contributed by atoms with Gasteiger partial charge in [-0.3, -0.25) is 9.59 Å². The number of fused-ring (bicyclic) bond motifs is 1. The minimum absolute atomic E-state index is 0.0160. The van der Waals surface area contributed by atoms with Gasteiger partial charge in [-0.1, -0.05) is 11.3 Å². The van der Waals surface area contributed by atoms with E-state index >= 15 is 0 Å². The number of nitrogens with two attached hydrogens (primary N) is 1. The maximum Gasteiger partial charge on any atom is 0.573 e. The number of amides is 2. The molecule has 158 valence electrons. The normalized spacial score (nSPS) is 17.5. The number of carbonyl (C=O) groups is 2. The lowest BCUT2D eigenvalue weighted by atomic mass is 9.91. The number of nitrogens with zero attached hydrogens (tertiary/aromatic N) is 2. The Labute approximate surface area is 169 Å². The van der Waals surface area contributed by atoms with E-state index in [4.69, 9.17) is 5.73 Å². The Morgan fingerprint density at radius 3 is 2.69 bits per heavy atom. The van der Waals surface area contributed by atoms with Crippen LogP contribution >= 0.6 is 11.3 Å². The number of alkyl halides is 3. The van der Waals surface area contributed by atoms with E-state index < -0.39 is 35.4 Å². The van der Waals surface area contributed by atoms with Gasteiger partial charge in [0.25, 0.3) is 5.91 Å². The Balaban J connectivity index is 2.01. The second-order valence-electron chi connectivity index (χ2n) is 7.39. The lowest BCUT2D eigenvalue weighted by molar-refractivity contribution is -0.274. The molecule has 2 heterocycles. The van der Waals surface area contributed by atoms with E-state index in [1.165, 1.54) is 12.1 Å². The molecular weight excluding hydrogens is 409 g/mol. The zero-order valence-electron chi connectivity index (χ0n) is 15.9. The quantitative estimate of drug-likeness (QED) is 0.757. The lowest BCUT2D eigenvalue weighted by Crippen LogP contribution is -2.52. The molecule has 3 N–H and O–H groups in total. The van der Waals surface area contributed by atoms with Gasteiger partial charge in [-0.05, 0) is 45.4 Å². The molecule has 7 nitrogen and oxygen atoms in total. The fourth-order valence-electron chi connectivity index (χ4n) is 2.91. The van der Waals surface area contributed by atoms with Crippen molar-refractivity contribution in [3.05, 3.63) is 18.2 Å². The number of carbonyl (C=O) groups excluding carboxylic acids is 2. The molecule has 11 heteroatoms. The topological polar surface area (TPSA) is 97.6 Å². The third-order valence-corrected chi connectivity index (χ3v) is 5.65. The molecule has 0 bridgehead atoms. The fourth-order valence-corrected chi connectivity index (χ4v) is 3.91. The summed E-state index contributed by atoms with van der Waals surface area (Å²) in [6, 6.07) is 3.14. The van der Waals surface area contributed by atoms with Crippen molar-refractivity contribution in [3.8, 4) is 5.75 Å². The van der Waals surface area contributed by atoms with Gasteiger partial charge in [-0.2, -0.15) is 0 Å². The number of aromatic nitrogens is 1. The molecule has 1 saturated heterocycles. The van der Waals surface area contributed by atoms with E-state index in [1.807, 2.05) is 0 Å². The van der Waals surface area contributed by atoms with Crippen LogP contribution < -0.4 is 20.7 Å². The third-order valence-electron chi connectivity index (χ3n) is 4.64. The largest absolute Gasteiger partial charge is 0.573 e. The van der Waals surface area contributed by atoms with Gasteiger partial charge in [0, 0.05) is 12.6 Å². The van der Waals surface area contributed by atoms with Crippen molar-refractivity contribution in [1.82, 2.24) is 10.3 Å². The average Bonchev–Trinajstić information content (AvgIpc) is 3.29. The number of anilines is 1. The van der Waals surface area contributed by atoms with Crippen LogP contribution in [0.5, 0.6) is 5.75 Å². The van der Waals surface area contributed by atoms with Crippen LogP contribution in [0.4, 0.5) is 18.3 Å². The minimum atomic E-state index is -4.82. The standard InChI is InChI=1S/C18H21F3N4O3S/c1-17(2,9-22)15(27)25(14(26)12-4-3-7-23-12)16-24-11-6-5-10(8-13(11)29-16)28-18(19,20)21/h5-6,8,12,23H,3-4,7,9,22H2,1-2H3/t12-/m1/s1. The molecule has 0 saturated carbocycles. The number of benzene rings is 1. The van der Waals surface area contributed by atoms with Gasteiger partial charge in [0.2, 0.25) is 5.91 Å². The number of imide groups is 1. The lowest BCUT2D eigenvalue weighted by Gasteiger charge is -2.29. The van der Waals surface area contributed by atoms with E-state index in [0.717, 1.165) is 28.7 Å². The summed E-state index contributed by atoms with van der Waals surface area (Å²) >= 11 is 0.945. The van der Waals surface area contributed by atoms with E-state index in [-0.39, 0.29) is 11.7 Å². The summed E-state index contributed by atoms with van der Waals surface area (Å²) in [5.74, 6) is -1.35. The summed E-state index contributed by atoms with van der Waals surface area (Å²) < 4.78 is 41.7. The van der Waals surface area contributed by atoms with Gasteiger partial charge >= 0.3 is 6.36 Å². The van der Waals surface area contributed by atoms with Crippen molar-refractivity contribution in [1.29, 1.82) is 0 Å². The molecule has 2 aromatic rings. The summed E-state index contributed by atoms with van der Waals surface area (Å²) in [4.78, 5) is 31.5. The van der Waals surface area contributed by atoms with Crippen LogP contribution in [0.3, 0.4) is 0 Å². The number of nitrogens with one attached hydrogen (secondary N) is 1. The number of hydrogen-bond acceptors (Lipinski definition) is 7. The molecule has 1 fully saturated rings. The number of hydrogen-bond donors (Lipinski definition) is 2. The van der Waals surface area contributed by atoms with Gasteiger partial charge in [-0.25, -0.2) is 9.88 Å². The zero-order valence-corrected chi connectivity index (χ0v) is 16.7. The maximum atomic E-state index is 13.1. The van der Waals surface area contributed by atoms with Gasteiger partial charge in [0.15, 0.2) is 5.13 Å². The average molecular weight is 430 g/mol. The van der Waals surface area contributed by atoms with Gasteiger partial charge in [0.1, 0.15) is 5.75 Å². The van der Waals surface area contributed by atoms with Crippen molar-refractivity contribution in [2.45, 2.75) is 39.1 Å². The van der Waals surface area contributed by atoms with Crippen LogP contribution in [-0.4, -0.2) is 42.3 Å². The van der Waals surface area contributed by atoms with Gasteiger partial charge < -0.3 is 15.8 Å². The molecule has 0 unspecified atom stereocenters. The Hall–Kier alpha value is -2.24. The first-order chi connectivity index (χ1) is 13.5. The summed E-state index contributed by atoms with van der Waals surface area (Å²) in [7, 11) is 0. The zero-order chi connectivity index (χ0) is 21.4. The van der Waals surface area contributed by atoms with Crippen molar-refractivity contribution in [2.75, 3.05) is 18.0 Å². The van der Waals surface area contributed by atoms with Crippen LogP contribution in [0.2, 0.25) is 0 Å². The Morgan fingerprint density at radius 2 is 2.10 bits per heavy atom. The highest BCUT2D eigenvalue weighted by molar-refractivity contribution is 7.22. The third kappa shape index (κ3) is 4.68. The van der Waals surface area contributed by atoms with Crippen LogP contribution in [-0.2, 0) is 9.59 Å². The molecular formula is C18H21F3N4O3S. The van der Waals surface area contributed by atoms with Crippen molar-refractivity contribution >= 4 is 38.5 Å². The van der Waals surface area contributed by atoms with Crippen molar-refractivity contribution in [2.24, 2.45) is 11.1 Å². The Morgan fingerprint density at radius 1 is 1.38 bits per heavy atom. The number of rotatable bonds is 5. The molecule has 1 aliphatic heterocycles. The predicted molar refractivity (Wildman–Crippen MR) is 103 cm³/mol.